The van der Waals surface area contributed by atoms with Crippen molar-refractivity contribution in [1.82, 2.24) is 0 Å². The zero-order chi connectivity index (χ0) is 12.1. The van der Waals surface area contributed by atoms with Gasteiger partial charge in [-0.05, 0) is 65.9 Å². The van der Waals surface area contributed by atoms with Crippen molar-refractivity contribution in [3.8, 4) is 0 Å². The summed E-state index contributed by atoms with van der Waals surface area (Å²) < 4.78 is 1.03. The molecule has 1 rings (SSSR count). The Morgan fingerprint density at radius 1 is 1.50 bits per heavy atom. The summed E-state index contributed by atoms with van der Waals surface area (Å²) in [5, 5.41) is 3.50. The summed E-state index contributed by atoms with van der Waals surface area (Å²) in [4.78, 5) is 0. The molecule has 1 atom stereocenters. The van der Waals surface area contributed by atoms with Gasteiger partial charge in [-0.2, -0.15) is 11.8 Å². The Bertz CT molecular complexity index is 355. The maximum atomic E-state index is 5.84. The van der Waals surface area contributed by atoms with Crippen molar-refractivity contribution >= 4 is 39.1 Å². The van der Waals surface area contributed by atoms with Crippen molar-refractivity contribution in [3.05, 3.63) is 22.2 Å². The van der Waals surface area contributed by atoms with Crippen LogP contribution in [-0.4, -0.2) is 18.1 Å². The van der Waals surface area contributed by atoms with Crippen molar-refractivity contribution in [2.24, 2.45) is 0 Å². The monoisotopic (exact) mass is 302 g/mol. The van der Waals surface area contributed by atoms with Crippen LogP contribution >= 0.6 is 27.7 Å². The number of nitrogens with two attached hydrogens (primary N) is 1. The van der Waals surface area contributed by atoms with Gasteiger partial charge in [0.25, 0.3) is 0 Å². The SMILES string of the molecule is CSCCC(C)Nc1cc(C)c(N)cc1Br. The van der Waals surface area contributed by atoms with Crippen LogP contribution in [0.5, 0.6) is 0 Å². The molecule has 1 aromatic rings. The second kappa shape index (κ2) is 6.40. The van der Waals surface area contributed by atoms with E-state index in [0.717, 1.165) is 27.8 Å². The summed E-state index contributed by atoms with van der Waals surface area (Å²) >= 11 is 5.41. The van der Waals surface area contributed by atoms with E-state index in [2.05, 4.69) is 40.5 Å². The van der Waals surface area contributed by atoms with Gasteiger partial charge in [-0.1, -0.05) is 0 Å². The third-order valence-corrected chi connectivity index (χ3v) is 3.81. The van der Waals surface area contributed by atoms with Crippen LogP contribution in [0, 0.1) is 6.92 Å². The average Bonchev–Trinajstić information content (AvgIpc) is 2.23. The molecule has 4 heteroatoms. The van der Waals surface area contributed by atoms with Crippen LogP contribution in [0.25, 0.3) is 0 Å². The molecule has 1 unspecified atom stereocenters. The van der Waals surface area contributed by atoms with Gasteiger partial charge in [0.1, 0.15) is 0 Å². The standard InChI is InChI=1S/C12H19BrN2S/c1-8-6-12(10(13)7-11(8)14)15-9(2)4-5-16-3/h6-7,9,15H,4-5,14H2,1-3H3. The lowest BCUT2D eigenvalue weighted by Crippen LogP contribution is -2.16. The minimum atomic E-state index is 0.478. The molecule has 0 radical (unpaired) electrons. The number of rotatable bonds is 5. The van der Waals surface area contributed by atoms with Crippen LogP contribution in [0.3, 0.4) is 0 Å². The highest BCUT2D eigenvalue weighted by atomic mass is 79.9. The molecule has 0 bridgehead atoms. The van der Waals surface area contributed by atoms with Crippen LogP contribution in [0.1, 0.15) is 18.9 Å². The first-order valence-electron chi connectivity index (χ1n) is 5.35. The van der Waals surface area contributed by atoms with E-state index in [1.165, 1.54) is 5.75 Å². The lowest BCUT2D eigenvalue weighted by molar-refractivity contribution is 0.771. The molecule has 1 aromatic carbocycles. The topological polar surface area (TPSA) is 38.0 Å². The van der Waals surface area contributed by atoms with Crippen molar-refractivity contribution in [2.75, 3.05) is 23.1 Å². The number of hydrogen-bond donors (Lipinski definition) is 2. The van der Waals surface area contributed by atoms with Gasteiger partial charge in [-0.25, -0.2) is 0 Å². The Morgan fingerprint density at radius 3 is 2.81 bits per heavy atom. The Labute approximate surface area is 111 Å². The van der Waals surface area contributed by atoms with Gasteiger partial charge in [-0.3, -0.25) is 0 Å². The zero-order valence-corrected chi connectivity index (χ0v) is 12.4. The molecule has 0 amide bonds. The highest BCUT2D eigenvalue weighted by Crippen LogP contribution is 2.28. The largest absolute Gasteiger partial charge is 0.398 e. The van der Waals surface area contributed by atoms with Crippen LogP contribution in [0.2, 0.25) is 0 Å². The number of thioether (sulfide) groups is 1. The molecular weight excluding hydrogens is 284 g/mol. The van der Waals surface area contributed by atoms with E-state index in [1.54, 1.807) is 0 Å². The minimum absolute atomic E-state index is 0.478. The maximum Gasteiger partial charge on any atom is 0.0490 e. The zero-order valence-electron chi connectivity index (χ0n) is 10.0. The second-order valence-electron chi connectivity index (χ2n) is 4.02. The van der Waals surface area contributed by atoms with E-state index < -0.39 is 0 Å². The van der Waals surface area contributed by atoms with Gasteiger partial charge in [0.05, 0.1) is 0 Å². The number of nitrogen functional groups attached to an aromatic ring is 1. The van der Waals surface area contributed by atoms with Gasteiger partial charge in [0.15, 0.2) is 0 Å². The van der Waals surface area contributed by atoms with Crippen LogP contribution in [0.4, 0.5) is 11.4 Å². The predicted octanol–water partition coefficient (Wildman–Crippen LogP) is 3.89. The molecule has 90 valence electrons. The van der Waals surface area contributed by atoms with Crippen molar-refractivity contribution in [3.63, 3.8) is 0 Å². The third kappa shape index (κ3) is 3.91. The van der Waals surface area contributed by atoms with E-state index in [1.807, 2.05) is 24.8 Å². The molecule has 0 saturated carbocycles. The number of benzene rings is 1. The lowest BCUT2D eigenvalue weighted by atomic mass is 10.1. The summed E-state index contributed by atoms with van der Waals surface area (Å²) in [5.41, 5.74) is 8.91. The molecule has 0 fully saturated rings. The third-order valence-electron chi connectivity index (χ3n) is 2.51. The fraction of sp³-hybridized carbons (Fsp3) is 0.500. The Hall–Kier alpha value is -0.350. The number of anilines is 2. The molecular formula is C12H19BrN2S. The van der Waals surface area contributed by atoms with Gasteiger partial charge < -0.3 is 11.1 Å². The lowest BCUT2D eigenvalue weighted by Gasteiger charge is -2.17. The Kier molecular flexibility index (Phi) is 5.49. The maximum absolute atomic E-state index is 5.84. The van der Waals surface area contributed by atoms with Gasteiger partial charge in [0, 0.05) is 21.9 Å². The normalized spacial score (nSPS) is 12.5. The van der Waals surface area contributed by atoms with Gasteiger partial charge in [-0.15, -0.1) is 0 Å². The van der Waals surface area contributed by atoms with Crippen LogP contribution < -0.4 is 11.1 Å². The van der Waals surface area contributed by atoms with E-state index in [0.29, 0.717) is 6.04 Å². The fourth-order valence-corrected chi connectivity index (χ4v) is 2.50. The highest BCUT2D eigenvalue weighted by Gasteiger charge is 2.06. The smallest absolute Gasteiger partial charge is 0.0490 e. The summed E-state index contributed by atoms with van der Waals surface area (Å²) in [6.07, 6.45) is 3.30. The van der Waals surface area contributed by atoms with Crippen molar-refractivity contribution in [2.45, 2.75) is 26.3 Å². The van der Waals surface area contributed by atoms with Gasteiger partial charge >= 0.3 is 0 Å². The molecule has 0 heterocycles. The van der Waals surface area contributed by atoms with Crippen LogP contribution in [0.15, 0.2) is 16.6 Å². The first kappa shape index (κ1) is 13.7. The summed E-state index contributed by atoms with van der Waals surface area (Å²) in [7, 11) is 0. The first-order valence-corrected chi connectivity index (χ1v) is 7.54. The predicted molar refractivity (Wildman–Crippen MR) is 79.4 cm³/mol. The Balaban J connectivity index is 2.69. The van der Waals surface area contributed by atoms with E-state index >= 15 is 0 Å². The summed E-state index contributed by atoms with van der Waals surface area (Å²) in [5.74, 6) is 1.18. The highest BCUT2D eigenvalue weighted by molar-refractivity contribution is 9.10. The minimum Gasteiger partial charge on any atom is -0.398 e. The molecule has 3 N–H and O–H groups in total. The quantitative estimate of drug-likeness (QED) is 0.810. The molecule has 0 saturated heterocycles. The number of aryl methyl sites for hydroxylation is 1. The molecule has 0 aliphatic rings. The second-order valence-corrected chi connectivity index (χ2v) is 5.86. The number of hydrogen-bond acceptors (Lipinski definition) is 3. The summed E-state index contributed by atoms with van der Waals surface area (Å²) in [6, 6.07) is 4.53. The van der Waals surface area contributed by atoms with E-state index in [-0.39, 0.29) is 0 Å². The Morgan fingerprint density at radius 2 is 2.19 bits per heavy atom. The molecule has 0 aliphatic heterocycles. The van der Waals surface area contributed by atoms with Crippen molar-refractivity contribution in [1.29, 1.82) is 0 Å². The fourth-order valence-electron chi connectivity index (χ4n) is 1.44. The molecule has 0 spiro atoms. The molecule has 2 nitrogen and oxygen atoms in total. The van der Waals surface area contributed by atoms with E-state index in [4.69, 9.17) is 5.73 Å². The number of halogens is 1. The summed E-state index contributed by atoms with van der Waals surface area (Å²) in [6.45, 7) is 4.23. The van der Waals surface area contributed by atoms with E-state index in [9.17, 15) is 0 Å². The van der Waals surface area contributed by atoms with Gasteiger partial charge in [0.2, 0.25) is 0 Å². The number of nitrogens with one attached hydrogen (secondary N) is 1. The van der Waals surface area contributed by atoms with Crippen LogP contribution in [-0.2, 0) is 0 Å². The average molecular weight is 303 g/mol. The first-order chi connectivity index (χ1) is 7.54. The molecule has 0 aliphatic carbocycles. The molecule has 16 heavy (non-hydrogen) atoms. The molecule has 0 aromatic heterocycles. The van der Waals surface area contributed by atoms with Crippen molar-refractivity contribution < 1.29 is 0 Å².